The zero-order valence-corrected chi connectivity index (χ0v) is 26.5. The van der Waals surface area contributed by atoms with E-state index in [0.29, 0.717) is 0 Å². The molecule has 0 aliphatic heterocycles. The number of hydrogen-bond acceptors (Lipinski definition) is 2. The van der Waals surface area contributed by atoms with Crippen molar-refractivity contribution in [2.24, 2.45) is 0 Å². The fraction of sp³-hybridized carbons (Fsp3) is 0. The second kappa shape index (κ2) is 13.4. The predicted molar refractivity (Wildman–Crippen MR) is 155 cm³/mol. The monoisotopic (exact) mass is 852 g/mol. The standard InChI is InChI=1S/C34H2BF21O2/c36-3-1-4(14(38)5(37)2-3)35(57-33-12-10(23(47)29(53)31(33)55)15(39)6-8(17(12)41)21(45)27(51)25(49)19(6)43)58-34-13-11(24(48)30(54)32(34)56)16(40)7-9(18(13)42)22(46)28(52)26(50)20(7)44/h1-2H. The van der Waals surface area contributed by atoms with Gasteiger partial charge < -0.3 is 9.31 Å². The van der Waals surface area contributed by atoms with Gasteiger partial charge in [0.2, 0.25) is 11.6 Å². The average Bonchev–Trinajstić information content (AvgIpc) is 3.18. The third kappa shape index (κ3) is 5.28. The van der Waals surface area contributed by atoms with Gasteiger partial charge in [0.05, 0.1) is 48.6 Å². The normalized spacial score (nSPS) is 11.9. The molecule has 0 radical (unpaired) electrons. The molecular weight excluding hydrogens is 850 g/mol. The smallest absolute Gasteiger partial charge is 0.519 e. The van der Waals surface area contributed by atoms with E-state index in [4.69, 9.17) is 0 Å². The lowest BCUT2D eigenvalue weighted by molar-refractivity contribution is 0.375. The maximum Gasteiger partial charge on any atom is 0.636 e. The number of benzene rings is 7. The van der Waals surface area contributed by atoms with E-state index < -0.39 is 189 Å². The topological polar surface area (TPSA) is 18.5 Å². The fourth-order valence-corrected chi connectivity index (χ4v) is 6.03. The van der Waals surface area contributed by atoms with Gasteiger partial charge in [-0.05, 0) is 6.07 Å². The Morgan fingerprint density at radius 2 is 0.517 bits per heavy atom. The Balaban J connectivity index is 1.62. The van der Waals surface area contributed by atoms with Crippen LogP contribution in [-0.4, -0.2) is 7.12 Å². The summed E-state index contributed by atoms with van der Waals surface area (Å²) in [5.41, 5.74) is -2.04. The molecule has 0 bridgehead atoms. The Morgan fingerprint density at radius 3 is 0.828 bits per heavy atom. The van der Waals surface area contributed by atoms with Crippen LogP contribution < -0.4 is 14.8 Å². The third-order valence-electron chi connectivity index (χ3n) is 8.58. The van der Waals surface area contributed by atoms with E-state index in [-0.39, 0.29) is 12.1 Å². The molecule has 0 fully saturated rings. The maximum absolute atomic E-state index is 16.0. The van der Waals surface area contributed by atoms with E-state index in [1.165, 1.54) is 0 Å². The fourth-order valence-electron chi connectivity index (χ4n) is 6.03. The molecule has 0 unspecified atom stereocenters. The van der Waals surface area contributed by atoms with Crippen molar-refractivity contribution >= 4 is 55.7 Å². The highest BCUT2D eigenvalue weighted by molar-refractivity contribution is 6.63. The van der Waals surface area contributed by atoms with Crippen LogP contribution in [-0.2, 0) is 0 Å². The van der Waals surface area contributed by atoms with Crippen molar-refractivity contribution in [3.63, 3.8) is 0 Å². The van der Waals surface area contributed by atoms with Crippen LogP contribution in [0.3, 0.4) is 0 Å². The first kappa shape index (κ1) is 40.0. The summed E-state index contributed by atoms with van der Waals surface area (Å²) in [4.78, 5) is 0. The van der Waals surface area contributed by atoms with Gasteiger partial charge in [-0.3, -0.25) is 0 Å². The molecule has 2 nitrogen and oxygen atoms in total. The summed E-state index contributed by atoms with van der Waals surface area (Å²) in [6, 6.07) is -0.628. The van der Waals surface area contributed by atoms with Crippen molar-refractivity contribution < 1.29 is 102 Å². The summed E-state index contributed by atoms with van der Waals surface area (Å²) in [7, 11) is -3.80. The zero-order chi connectivity index (χ0) is 42.9. The molecule has 0 saturated carbocycles. The SMILES string of the molecule is Fc1cc(F)c(F)c(B(Oc2c(F)c(F)c(F)c3c(F)c4c(F)c(F)c(F)c(F)c4c(F)c23)Oc2c(F)c(F)c(F)c3c(F)c4c(F)c(F)c(F)c(F)c4c(F)c23)c1. The molecule has 24 heteroatoms. The molecule has 0 spiro atoms. The molecular formula is C34H2BF21O2. The van der Waals surface area contributed by atoms with Crippen molar-refractivity contribution in [2.75, 3.05) is 0 Å². The van der Waals surface area contributed by atoms with E-state index in [9.17, 15) is 52.7 Å². The van der Waals surface area contributed by atoms with Gasteiger partial charge in [-0.25, -0.2) is 83.4 Å². The maximum atomic E-state index is 16.0. The van der Waals surface area contributed by atoms with Gasteiger partial charge in [-0.1, -0.05) is 0 Å². The molecule has 0 aromatic heterocycles. The highest BCUT2D eigenvalue weighted by atomic mass is 19.2. The van der Waals surface area contributed by atoms with Gasteiger partial charge in [0, 0.05) is 6.07 Å². The van der Waals surface area contributed by atoms with Crippen LogP contribution in [0.1, 0.15) is 0 Å². The average molecular weight is 852 g/mol. The summed E-state index contributed by atoms with van der Waals surface area (Å²) in [5.74, 6) is -63.9. The molecule has 58 heavy (non-hydrogen) atoms. The Labute approximate surface area is 303 Å². The lowest BCUT2D eigenvalue weighted by Crippen LogP contribution is -2.46. The molecule has 0 N–H and O–H groups in total. The molecule has 7 rings (SSSR count). The van der Waals surface area contributed by atoms with Crippen molar-refractivity contribution in [3.8, 4) is 11.5 Å². The summed E-state index contributed by atoms with van der Waals surface area (Å²) in [6.07, 6.45) is 0. The summed E-state index contributed by atoms with van der Waals surface area (Å²) in [5, 5.41) is -18.9. The Morgan fingerprint density at radius 1 is 0.259 bits per heavy atom. The van der Waals surface area contributed by atoms with Gasteiger partial charge in [-0.2, -0.15) is 8.78 Å². The molecule has 0 atom stereocenters. The number of hydrogen-bond donors (Lipinski definition) is 0. The molecule has 0 aliphatic carbocycles. The minimum Gasteiger partial charge on any atom is -0.519 e. The van der Waals surface area contributed by atoms with Gasteiger partial charge >= 0.3 is 7.12 Å². The number of rotatable bonds is 5. The van der Waals surface area contributed by atoms with E-state index in [1.807, 2.05) is 0 Å². The van der Waals surface area contributed by atoms with E-state index in [1.54, 1.807) is 0 Å². The molecule has 0 aliphatic rings. The molecule has 0 heterocycles. The van der Waals surface area contributed by atoms with E-state index in [0.717, 1.165) is 0 Å². The third-order valence-corrected chi connectivity index (χ3v) is 8.58. The minimum absolute atomic E-state index is 0.310. The van der Waals surface area contributed by atoms with Crippen LogP contribution in [0.15, 0.2) is 12.1 Å². The van der Waals surface area contributed by atoms with Crippen LogP contribution in [0.25, 0.3) is 43.1 Å². The molecule has 0 saturated heterocycles. The van der Waals surface area contributed by atoms with Gasteiger partial charge in [0.15, 0.2) is 92.9 Å². The molecule has 300 valence electrons. The Kier molecular flexibility index (Phi) is 9.26. The summed E-state index contributed by atoms with van der Waals surface area (Å²) in [6.45, 7) is 0. The first-order chi connectivity index (χ1) is 27.1. The first-order valence-corrected chi connectivity index (χ1v) is 14.8. The largest absolute Gasteiger partial charge is 0.636 e. The highest BCUT2D eigenvalue weighted by Crippen LogP contribution is 2.46. The van der Waals surface area contributed by atoms with Crippen LogP contribution in [0.2, 0.25) is 0 Å². The van der Waals surface area contributed by atoms with Crippen molar-refractivity contribution in [2.45, 2.75) is 0 Å². The van der Waals surface area contributed by atoms with Crippen LogP contribution >= 0.6 is 0 Å². The Bertz CT molecular complexity index is 2870. The van der Waals surface area contributed by atoms with Gasteiger partial charge in [0.25, 0.3) is 0 Å². The predicted octanol–water partition coefficient (Wildman–Crippen LogP) is 11.1. The van der Waals surface area contributed by atoms with Gasteiger partial charge in [0.1, 0.15) is 29.1 Å². The van der Waals surface area contributed by atoms with Crippen LogP contribution in [0.4, 0.5) is 92.2 Å². The van der Waals surface area contributed by atoms with Crippen molar-refractivity contribution in [3.05, 3.63) is 134 Å². The zero-order valence-electron chi connectivity index (χ0n) is 26.5. The van der Waals surface area contributed by atoms with Crippen LogP contribution in [0, 0.1) is 122 Å². The van der Waals surface area contributed by atoms with Crippen molar-refractivity contribution in [1.29, 1.82) is 0 Å². The molecule has 7 aromatic rings. The summed E-state index contributed by atoms with van der Waals surface area (Å²) >= 11 is 0. The summed E-state index contributed by atoms with van der Waals surface area (Å²) < 4.78 is 323. The molecule has 0 amide bonds. The highest BCUT2D eigenvalue weighted by Gasteiger charge is 2.41. The number of halogens is 21. The first-order valence-electron chi connectivity index (χ1n) is 14.8. The van der Waals surface area contributed by atoms with E-state index >= 15 is 39.5 Å². The van der Waals surface area contributed by atoms with Gasteiger partial charge in [-0.15, -0.1) is 0 Å². The quantitative estimate of drug-likeness (QED) is 0.0565. The van der Waals surface area contributed by atoms with Crippen LogP contribution in [0.5, 0.6) is 11.5 Å². The second-order valence-electron chi connectivity index (χ2n) is 11.7. The van der Waals surface area contributed by atoms with E-state index in [2.05, 4.69) is 9.31 Å². The lowest BCUT2D eigenvalue weighted by Gasteiger charge is -2.22. The molecule has 7 aromatic carbocycles. The second-order valence-corrected chi connectivity index (χ2v) is 11.7. The van der Waals surface area contributed by atoms with Crippen molar-refractivity contribution in [1.82, 2.24) is 0 Å². The number of fused-ring (bicyclic) bond motifs is 4. The Hall–Kier alpha value is -6.23. The minimum atomic E-state index is -3.80. The lowest BCUT2D eigenvalue weighted by atomic mass is 9.77.